The Kier molecular flexibility index (Phi) is 5.08. The van der Waals surface area contributed by atoms with E-state index in [2.05, 4.69) is 16.9 Å². The number of nitrogen functional groups attached to an aromatic ring is 1. The van der Waals surface area contributed by atoms with Gasteiger partial charge >= 0.3 is 0 Å². The van der Waals surface area contributed by atoms with Gasteiger partial charge in [0.05, 0.1) is 0 Å². The van der Waals surface area contributed by atoms with E-state index < -0.39 is 11.2 Å². The Morgan fingerprint density at radius 1 is 1.18 bits per heavy atom. The van der Waals surface area contributed by atoms with Gasteiger partial charge in [-0.05, 0) is 24.7 Å². The van der Waals surface area contributed by atoms with Crippen molar-refractivity contribution in [1.82, 2.24) is 9.97 Å². The topological polar surface area (TPSA) is 84.1 Å². The highest BCUT2D eigenvalue weighted by Crippen LogP contribution is 2.39. The van der Waals surface area contributed by atoms with Crippen LogP contribution in [0.25, 0.3) is 0 Å². The molecule has 122 valence electrons. The Bertz CT molecular complexity index is 498. The highest BCUT2D eigenvalue weighted by molar-refractivity contribution is 7.91. The van der Waals surface area contributed by atoms with Gasteiger partial charge in [0.1, 0.15) is 17.6 Å². The van der Waals surface area contributed by atoms with E-state index in [-0.39, 0.29) is 12.1 Å². The van der Waals surface area contributed by atoms with Gasteiger partial charge in [-0.25, -0.2) is 4.98 Å². The third-order valence-electron chi connectivity index (χ3n) is 4.87. The number of ether oxygens (including phenoxy) is 1. The molecule has 2 heterocycles. The molecule has 2 fully saturated rings. The molecule has 1 saturated heterocycles. The van der Waals surface area contributed by atoms with Crippen molar-refractivity contribution in [1.29, 1.82) is 0 Å². The fraction of sp³-hybridized carbons (Fsp3) is 0.750. The number of aromatic nitrogens is 2. The smallest absolute Gasteiger partial charge is 0.223 e. The van der Waals surface area contributed by atoms with Crippen LogP contribution in [0.5, 0.6) is 5.88 Å². The second-order valence-corrected chi connectivity index (χ2v) is 8.31. The summed E-state index contributed by atoms with van der Waals surface area (Å²) < 4.78 is 17.6. The van der Waals surface area contributed by atoms with Crippen molar-refractivity contribution in [3.63, 3.8) is 0 Å². The Balaban J connectivity index is 1.73. The normalized spacial score (nSPS) is 32.6. The van der Waals surface area contributed by atoms with E-state index in [9.17, 15) is 4.55 Å². The molecule has 1 aliphatic carbocycles. The van der Waals surface area contributed by atoms with Crippen LogP contribution in [0.2, 0.25) is 0 Å². The van der Waals surface area contributed by atoms with Crippen LogP contribution in [0, 0.1) is 5.92 Å². The number of hydrogen-bond donors (Lipinski definition) is 1. The minimum absolute atomic E-state index is 0.105. The van der Waals surface area contributed by atoms with Crippen molar-refractivity contribution >= 4 is 17.1 Å². The van der Waals surface area contributed by atoms with Gasteiger partial charge < -0.3 is 15.0 Å². The zero-order chi connectivity index (χ0) is 15.5. The predicted octanol–water partition coefficient (Wildman–Crippen LogP) is 2.64. The van der Waals surface area contributed by atoms with Gasteiger partial charge in [0.25, 0.3) is 0 Å². The third kappa shape index (κ3) is 3.84. The molecule has 22 heavy (non-hydrogen) atoms. The van der Waals surface area contributed by atoms with Crippen LogP contribution < -0.4 is 10.5 Å². The highest BCUT2D eigenvalue weighted by atomic mass is 32.2. The van der Waals surface area contributed by atoms with Crippen LogP contribution in [0.1, 0.15) is 56.9 Å². The number of rotatable bonds is 3. The first kappa shape index (κ1) is 15.9. The van der Waals surface area contributed by atoms with Crippen LogP contribution >= 0.6 is 0 Å². The van der Waals surface area contributed by atoms with E-state index in [0.717, 1.165) is 35.8 Å². The van der Waals surface area contributed by atoms with E-state index in [1.54, 1.807) is 0 Å². The Morgan fingerprint density at radius 2 is 1.86 bits per heavy atom. The zero-order valence-corrected chi connectivity index (χ0v) is 14.0. The van der Waals surface area contributed by atoms with E-state index in [4.69, 9.17) is 10.5 Å². The summed E-state index contributed by atoms with van der Waals surface area (Å²) in [6.07, 6.45) is 8.44. The lowest BCUT2D eigenvalue weighted by molar-refractivity contribution is 0.177. The van der Waals surface area contributed by atoms with Gasteiger partial charge in [0.15, 0.2) is 0 Å². The first-order valence-electron chi connectivity index (χ1n) is 8.26. The molecule has 0 atom stereocenters. The fourth-order valence-corrected chi connectivity index (χ4v) is 4.64. The lowest BCUT2D eigenvalue weighted by Crippen LogP contribution is -2.31. The number of nitrogens with zero attached hydrogens (tertiary/aromatic N) is 2. The van der Waals surface area contributed by atoms with Gasteiger partial charge in [-0.3, -0.25) is 0 Å². The minimum Gasteiger partial charge on any atom is -0.616 e. The molecule has 0 spiro atoms. The van der Waals surface area contributed by atoms with Crippen LogP contribution in [0.3, 0.4) is 0 Å². The molecule has 1 saturated carbocycles. The van der Waals surface area contributed by atoms with E-state index in [0.29, 0.717) is 11.8 Å². The third-order valence-corrected chi connectivity index (χ3v) is 6.25. The summed E-state index contributed by atoms with van der Waals surface area (Å²) >= 11 is -0.674. The largest absolute Gasteiger partial charge is 0.616 e. The first-order chi connectivity index (χ1) is 10.6. The Labute approximate surface area is 135 Å². The van der Waals surface area contributed by atoms with Gasteiger partial charge in [-0.2, -0.15) is 4.98 Å². The van der Waals surface area contributed by atoms with E-state index in [1.807, 2.05) is 6.20 Å². The van der Waals surface area contributed by atoms with E-state index in [1.165, 1.54) is 25.7 Å². The summed E-state index contributed by atoms with van der Waals surface area (Å²) in [6.45, 7) is 2.31. The second kappa shape index (κ2) is 7.04. The maximum atomic E-state index is 11.5. The molecule has 5 nitrogen and oxygen atoms in total. The van der Waals surface area contributed by atoms with Gasteiger partial charge in [0, 0.05) is 24.6 Å². The molecule has 1 aliphatic heterocycles. The molecule has 1 aromatic heterocycles. The van der Waals surface area contributed by atoms with Crippen LogP contribution in [-0.2, 0) is 11.2 Å². The molecule has 0 bridgehead atoms. The summed E-state index contributed by atoms with van der Waals surface area (Å²) in [7, 11) is 0. The number of anilines is 1. The van der Waals surface area contributed by atoms with Crippen LogP contribution in [0.4, 0.5) is 5.95 Å². The molecular weight excluding hydrogens is 298 g/mol. The van der Waals surface area contributed by atoms with Gasteiger partial charge in [-0.1, -0.05) is 30.9 Å². The van der Waals surface area contributed by atoms with Gasteiger partial charge in [0.2, 0.25) is 11.8 Å². The van der Waals surface area contributed by atoms with Crippen LogP contribution in [-0.4, -0.2) is 32.1 Å². The van der Waals surface area contributed by atoms with Crippen molar-refractivity contribution < 1.29 is 9.29 Å². The Morgan fingerprint density at radius 3 is 2.55 bits per heavy atom. The SMILES string of the molecule is C[C@H]1CC[C@H](c2cnc(N)nc2OC2CC[S+]([O-])CC2)CC1. The minimum atomic E-state index is -0.674. The fourth-order valence-electron chi connectivity index (χ4n) is 3.38. The average Bonchev–Trinajstić information content (AvgIpc) is 2.51. The van der Waals surface area contributed by atoms with Crippen LogP contribution in [0.15, 0.2) is 6.20 Å². The summed E-state index contributed by atoms with van der Waals surface area (Å²) in [4.78, 5) is 8.53. The van der Waals surface area contributed by atoms with Crippen molar-refractivity contribution in [3.05, 3.63) is 11.8 Å². The second-order valence-electron chi connectivity index (χ2n) is 6.61. The Hall–Kier alpha value is -1.01. The molecule has 0 unspecified atom stereocenters. The molecule has 3 rings (SSSR count). The van der Waals surface area contributed by atoms with Crippen molar-refractivity contribution in [2.75, 3.05) is 17.2 Å². The van der Waals surface area contributed by atoms with Crippen molar-refractivity contribution in [3.8, 4) is 5.88 Å². The summed E-state index contributed by atoms with van der Waals surface area (Å²) in [6, 6.07) is 0. The molecule has 6 heteroatoms. The monoisotopic (exact) mass is 323 g/mol. The standard InChI is InChI=1S/C16H25N3O2S/c1-11-2-4-12(5-3-11)14-10-18-16(17)19-15(14)21-13-6-8-22(20)9-7-13/h10-13H,2-9H2,1H3,(H2,17,18,19)/t11-,12-,13?,22?. The number of hydrogen-bond acceptors (Lipinski definition) is 5. The van der Waals surface area contributed by atoms with Crippen molar-refractivity contribution in [2.24, 2.45) is 5.92 Å². The van der Waals surface area contributed by atoms with E-state index >= 15 is 0 Å². The molecule has 2 N–H and O–H groups in total. The lowest BCUT2D eigenvalue weighted by atomic mass is 9.80. The number of nitrogens with two attached hydrogens (primary N) is 1. The lowest BCUT2D eigenvalue weighted by Gasteiger charge is -2.29. The zero-order valence-electron chi connectivity index (χ0n) is 13.2. The molecule has 0 radical (unpaired) electrons. The first-order valence-corrected chi connectivity index (χ1v) is 9.74. The molecule has 0 aromatic carbocycles. The molecule has 2 aliphatic rings. The molecule has 1 aromatic rings. The summed E-state index contributed by atoms with van der Waals surface area (Å²) in [5.41, 5.74) is 6.86. The van der Waals surface area contributed by atoms with Crippen molar-refractivity contribution in [2.45, 2.75) is 57.5 Å². The van der Waals surface area contributed by atoms with Gasteiger partial charge in [-0.15, -0.1) is 0 Å². The molecular formula is C16H25N3O2S. The maximum Gasteiger partial charge on any atom is 0.223 e. The summed E-state index contributed by atoms with van der Waals surface area (Å²) in [5.74, 6) is 3.66. The predicted molar refractivity (Wildman–Crippen MR) is 88.3 cm³/mol. The molecule has 0 amide bonds. The maximum absolute atomic E-state index is 11.5. The highest BCUT2D eigenvalue weighted by Gasteiger charge is 2.28. The summed E-state index contributed by atoms with van der Waals surface area (Å²) in [5, 5.41) is 0. The average molecular weight is 323 g/mol. The quantitative estimate of drug-likeness (QED) is 0.864.